The predicted molar refractivity (Wildman–Crippen MR) is 50.7 cm³/mol. The number of halogens is 1. The van der Waals surface area contributed by atoms with E-state index in [1.54, 1.807) is 0 Å². The second kappa shape index (κ2) is 2.36. The quantitative estimate of drug-likeness (QED) is 0.625. The van der Waals surface area contributed by atoms with Gasteiger partial charge in [-0.2, -0.15) is 0 Å². The second-order valence-corrected chi connectivity index (χ2v) is 4.29. The molecule has 0 saturated heterocycles. The third kappa shape index (κ3) is 0.910. The summed E-state index contributed by atoms with van der Waals surface area (Å²) < 4.78 is 0. The van der Waals surface area contributed by atoms with E-state index >= 15 is 0 Å². The fourth-order valence-corrected chi connectivity index (χ4v) is 2.96. The highest BCUT2D eigenvalue weighted by Gasteiger charge is 2.58. The van der Waals surface area contributed by atoms with Crippen LogP contribution in [-0.4, -0.2) is 5.24 Å². The van der Waals surface area contributed by atoms with Gasteiger partial charge >= 0.3 is 0 Å². The van der Waals surface area contributed by atoms with Crippen LogP contribution in [0.1, 0.15) is 17.0 Å². The van der Waals surface area contributed by atoms with Gasteiger partial charge in [0.2, 0.25) is 5.24 Å². The van der Waals surface area contributed by atoms with Crippen LogP contribution in [0.4, 0.5) is 0 Å². The smallest absolute Gasteiger partial charge is 0.225 e. The van der Waals surface area contributed by atoms with E-state index in [2.05, 4.69) is 18.2 Å². The van der Waals surface area contributed by atoms with Gasteiger partial charge in [0, 0.05) is 5.92 Å². The lowest BCUT2D eigenvalue weighted by molar-refractivity contribution is -0.113. The maximum atomic E-state index is 11.0. The van der Waals surface area contributed by atoms with Crippen LogP contribution in [0.5, 0.6) is 0 Å². The van der Waals surface area contributed by atoms with Crippen LogP contribution < -0.4 is 0 Å². The minimum absolute atomic E-state index is 0.122. The van der Waals surface area contributed by atoms with Gasteiger partial charge in [-0.3, -0.25) is 4.79 Å². The van der Waals surface area contributed by atoms with E-state index in [9.17, 15) is 4.79 Å². The molecule has 0 bridgehead atoms. The van der Waals surface area contributed by atoms with Crippen molar-refractivity contribution in [3.63, 3.8) is 0 Å². The fraction of sp³-hybridized carbons (Fsp3) is 0.364. The number of benzene rings is 1. The molecule has 0 amide bonds. The molecule has 66 valence electrons. The van der Waals surface area contributed by atoms with Crippen LogP contribution >= 0.6 is 11.6 Å². The molecule has 0 unspecified atom stereocenters. The fourth-order valence-electron chi connectivity index (χ4n) is 2.66. The molecule has 2 heteroatoms. The van der Waals surface area contributed by atoms with Crippen LogP contribution in [0.2, 0.25) is 0 Å². The maximum Gasteiger partial charge on any atom is 0.225 e. The minimum Gasteiger partial charge on any atom is -0.281 e. The zero-order valence-electron chi connectivity index (χ0n) is 7.03. The highest BCUT2D eigenvalue weighted by Crippen LogP contribution is 2.61. The molecule has 0 aliphatic heterocycles. The first-order chi connectivity index (χ1) is 6.29. The Kier molecular flexibility index (Phi) is 1.37. The zero-order chi connectivity index (χ0) is 9.00. The van der Waals surface area contributed by atoms with Crippen molar-refractivity contribution in [3.8, 4) is 0 Å². The molecule has 3 rings (SSSR count). The van der Waals surface area contributed by atoms with Gasteiger partial charge in [-0.05, 0) is 41.0 Å². The molecule has 0 spiro atoms. The monoisotopic (exact) mass is 192 g/mol. The van der Waals surface area contributed by atoms with Gasteiger partial charge < -0.3 is 0 Å². The largest absolute Gasteiger partial charge is 0.281 e. The summed E-state index contributed by atoms with van der Waals surface area (Å²) in [6.45, 7) is 0. The Morgan fingerprint density at radius 3 is 2.92 bits per heavy atom. The van der Waals surface area contributed by atoms with Gasteiger partial charge in [0.05, 0.1) is 0 Å². The van der Waals surface area contributed by atoms with E-state index in [0.717, 1.165) is 6.42 Å². The Morgan fingerprint density at radius 2 is 2.15 bits per heavy atom. The normalized spacial score (nSPS) is 33.8. The van der Waals surface area contributed by atoms with Crippen molar-refractivity contribution in [1.29, 1.82) is 0 Å². The zero-order valence-corrected chi connectivity index (χ0v) is 7.79. The first-order valence-corrected chi connectivity index (χ1v) is 4.94. The summed E-state index contributed by atoms with van der Waals surface area (Å²) in [5, 5.41) is -0.149. The van der Waals surface area contributed by atoms with E-state index in [0.29, 0.717) is 11.8 Å². The molecule has 13 heavy (non-hydrogen) atoms. The first-order valence-electron chi connectivity index (χ1n) is 4.56. The van der Waals surface area contributed by atoms with Crippen molar-refractivity contribution in [1.82, 2.24) is 0 Å². The summed E-state index contributed by atoms with van der Waals surface area (Å²) in [6.07, 6.45) is 1.05. The number of carbonyl (C=O) groups is 1. The third-order valence-electron chi connectivity index (χ3n) is 3.30. The topological polar surface area (TPSA) is 17.1 Å². The molecule has 0 heterocycles. The Balaban J connectivity index is 1.99. The summed E-state index contributed by atoms with van der Waals surface area (Å²) in [5.41, 5.74) is 2.76. The van der Waals surface area contributed by atoms with Crippen molar-refractivity contribution >= 4 is 16.8 Å². The molecule has 3 atom stereocenters. The van der Waals surface area contributed by atoms with E-state index in [-0.39, 0.29) is 11.2 Å². The van der Waals surface area contributed by atoms with Crippen molar-refractivity contribution < 1.29 is 4.79 Å². The molecule has 0 radical (unpaired) electrons. The standard InChI is InChI=1S/C11H9ClO/c12-11(13)10-8-5-6-3-1-2-4-7(6)9(8)10/h1-4,8-10H,5H2/t8-,9+,10+/m0/s1. The van der Waals surface area contributed by atoms with Crippen LogP contribution in [0, 0.1) is 11.8 Å². The molecule has 1 aromatic rings. The molecule has 0 aromatic heterocycles. The maximum absolute atomic E-state index is 11.0. The van der Waals surface area contributed by atoms with Gasteiger partial charge in [0.15, 0.2) is 0 Å². The number of fused-ring (bicyclic) bond motifs is 3. The predicted octanol–water partition coefficient (Wildman–Crippen LogP) is 2.34. The van der Waals surface area contributed by atoms with Gasteiger partial charge in [0.25, 0.3) is 0 Å². The van der Waals surface area contributed by atoms with Gasteiger partial charge in [-0.25, -0.2) is 0 Å². The number of hydrogen-bond donors (Lipinski definition) is 0. The summed E-state index contributed by atoms with van der Waals surface area (Å²) in [5.74, 6) is 1.08. The number of carbonyl (C=O) groups excluding carboxylic acids is 1. The Labute approximate surface area is 81.7 Å². The van der Waals surface area contributed by atoms with E-state index < -0.39 is 0 Å². The van der Waals surface area contributed by atoms with E-state index in [1.165, 1.54) is 11.1 Å². The molecule has 2 aliphatic carbocycles. The summed E-state index contributed by atoms with van der Waals surface area (Å²) in [6, 6.07) is 8.37. The summed E-state index contributed by atoms with van der Waals surface area (Å²) in [4.78, 5) is 11.0. The summed E-state index contributed by atoms with van der Waals surface area (Å²) >= 11 is 5.51. The number of rotatable bonds is 1. The Hall–Kier alpha value is -0.820. The summed E-state index contributed by atoms with van der Waals surface area (Å²) in [7, 11) is 0. The average Bonchev–Trinajstić information content (AvgIpc) is 2.71. The van der Waals surface area contributed by atoms with E-state index in [4.69, 9.17) is 11.6 Å². The highest BCUT2D eigenvalue weighted by molar-refractivity contribution is 6.64. The molecule has 1 fully saturated rings. The van der Waals surface area contributed by atoms with E-state index in [1.807, 2.05) is 6.07 Å². The molecular weight excluding hydrogens is 184 g/mol. The van der Waals surface area contributed by atoms with Gasteiger partial charge in [-0.1, -0.05) is 24.3 Å². The molecular formula is C11H9ClO. The van der Waals surface area contributed by atoms with Crippen LogP contribution in [0.25, 0.3) is 0 Å². The van der Waals surface area contributed by atoms with Crippen molar-refractivity contribution in [2.45, 2.75) is 12.3 Å². The van der Waals surface area contributed by atoms with Crippen LogP contribution in [-0.2, 0) is 11.2 Å². The Bertz CT molecular complexity index is 385. The first kappa shape index (κ1) is 7.57. The molecule has 0 N–H and O–H groups in total. The van der Waals surface area contributed by atoms with Crippen LogP contribution in [0.3, 0.4) is 0 Å². The number of hydrogen-bond acceptors (Lipinski definition) is 1. The lowest BCUT2D eigenvalue weighted by Gasteiger charge is -2.03. The average molecular weight is 193 g/mol. The SMILES string of the molecule is O=C(Cl)[C@@H]1[C@H]2Cc3ccccc3[C@H]21. The second-order valence-electron chi connectivity index (χ2n) is 3.92. The van der Waals surface area contributed by atoms with Gasteiger partial charge in [-0.15, -0.1) is 0 Å². The molecule has 1 aromatic carbocycles. The molecule has 2 aliphatic rings. The lowest BCUT2D eigenvalue weighted by Crippen LogP contribution is -1.99. The molecule has 1 nitrogen and oxygen atoms in total. The Morgan fingerprint density at radius 1 is 1.38 bits per heavy atom. The van der Waals surface area contributed by atoms with Crippen molar-refractivity contribution in [2.24, 2.45) is 11.8 Å². The highest BCUT2D eigenvalue weighted by atomic mass is 35.5. The third-order valence-corrected chi connectivity index (χ3v) is 3.55. The van der Waals surface area contributed by atoms with Gasteiger partial charge in [0.1, 0.15) is 0 Å². The van der Waals surface area contributed by atoms with Crippen molar-refractivity contribution in [2.75, 3.05) is 0 Å². The lowest BCUT2D eigenvalue weighted by atomic mass is 10.0. The minimum atomic E-state index is -0.149. The van der Waals surface area contributed by atoms with Crippen LogP contribution in [0.15, 0.2) is 24.3 Å². The molecule has 1 saturated carbocycles. The van der Waals surface area contributed by atoms with Crippen molar-refractivity contribution in [3.05, 3.63) is 35.4 Å².